The van der Waals surface area contributed by atoms with Crippen LogP contribution in [-0.4, -0.2) is 74.0 Å². The molecule has 0 aliphatic carbocycles. The molecule has 34 heavy (non-hydrogen) atoms. The van der Waals surface area contributed by atoms with Crippen LogP contribution in [0.2, 0.25) is 5.02 Å². The van der Waals surface area contributed by atoms with Gasteiger partial charge < -0.3 is 14.4 Å². The highest BCUT2D eigenvalue weighted by Gasteiger charge is 2.28. The molecule has 0 spiro atoms. The summed E-state index contributed by atoms with van der Waals surface area (Å²) in [6.07, 6.45) is 1.36. The summed E-state index contributed by atoms with van der Waals surface area (Å²) in [6.45, 7) is 2.57. The van der Waals surface area contributed by atoms with E-state index in [1.54, 1.807) is 17.0 Å². The van der Waals surface area contributed by atoms with Crippen molar-refractivity contribution in [2.75, 3.05) is 39.4 Å². The smallest absolute Gasteiger partial charge is 0.274 e. The topological polar surface area (TPSA) is 89.0 Å². The lowest BCUT2D eigenvalue weighted by Crippen LogP contribution is -2.42. The third-order valence-electron chi connectivity index (χ3n) is 6.06. The largest absolute Gasteiger partial charge is 0.467 e. The highest BCUT2D eigenvalue weighted by atomic mass is 35.5. The Balaban J connectivity index is 1.18. The van der Waals surface area contributed by atoms with Crippen molar-refractivity contribution in [1.82, 2.24) is 14.2 Å². The van der Waals surface area contributed by atoms with E-state index < -0.39 is 10.0 Å². The van der Waals surface area contributed by atoms with Crippen molar-refractivity contribution < 1.29 is 22.7 Å². The third kappa shape index (κ3) is 4.78. The Labute approximate surface area is 207 Å². The summed E-state index contributed by atoms with van der Waals surface area (Å²) in [6, 6.07) is 11.8. The first-order chi connectivity index (χ1) is 16.4. The number of fused-ring (bicyclic) bond motifs is 1. The van der Waals surface area contributed by atoms with E-state index >= 15 is 0 Å². The van der Waals surface area contributed by atoms with Gasteiger partial charge in [-0.25, -0.2) is 13.4 Å². The standard InChI is InChI=1S/C23H24ClN3O5S2/c24-19-2-1-3-20-21(19)25-23(33-20)32-17-8-10-26(11-9-17)22(28)16-4-6-18(7-5-16)34(29,30)27-12-14-31-15-13-27/h1-7,17H,8-15H2. The highest BCUT2D eigenvalue weighted by Crippen LogP contribution is 2.33. The number of para-hydroxylation sites is 1. The number of carbonyl (C=O) groups is 1. The Morgan fingerprint density at radius 1 is 1.06 bits per heavy atom. The number of halogens is 1. The van der Waals surface area contributed by atoms with Crippen molar-refractivity contribution in [2.24, 2.45) is 0 Å². The van der Waals surface area contributed by atoms with Crippen molar-refractivity contribution in [3.05, 3.63) is 53.1 Å². The number of thiazole rings is 1. The Bertz CT molecular complexity index is 1280. The molecule has 1 amide bonds. The molecule has 3 heterocycles. The average Bonchev–Trinajstić information content (AvgIpc) is 3.28. The normalized spacial score (nSPS) is 18.3. The number of ether oxygens (including phenoxy) is 2. The number of likely N-dealkylation sites (tertiary alicyclic amines) is 1. The number of aromatic nitrogens is 1. The molecule has 2 aliphatic rings. The molecule has 0 N–H and O–H groups in total. The zero-order valence-corrected chi connectivity index (χ0v) is 20.7. The van der Waals surface area contributed by atoms with Gasteiger partial charge in [0.25, 0.3) is 11.1 Å². The van der Waals surface area contributed by atoms with E-state index in [9.17, 15) is 13.2 Å². The highest BCUT2D eigenvalue weighted by molar-refractivity contribution is 7.89. The van der Waals surface area contributed by atoms with Gasteiger partial charge in [-0.05, 0) is 36.4 Å². The maximum atomic E-state index is 13.0. The van der Waals surface area contributed by atoms with Gasteiger partial charge in [-0.2, -0.15) is 4.31 Å². The molecule has 0 atom stereocenters. The quantitative estimate of drug-likeness (QED) is 0.509. The first kappa shape index (κ1) is 23.5. The van der Waals surface area contributed by atoms with Crippen molar-refractivity contribution in [2.45, 2.75) is 23.8 Å². The number of sulfonamides is 1. The summed E-state index contributed by atoms with van der Waals surface area (Å²) >= 11 is 7.67. The fourth-order valence-electron chi connectivity index (χ4n) is 4.15. The summed E-state index contributed by atoms with van der Waals surface area (Å²) in [5, 5.41) is 1.19. The number of rotatable bonds is 5. The second-order valence-electron chi connectivity index (χ2n) is 8.22. The van der Waals surface area contributed by atoms with Crippen molar-refractivity contribution in [3.63, 3.8) is 0 Å². The molecule has 1 aromatic heterocycles. The van der Waals surface area contributed by atoms with Crippen molar-refractivity contribution >= 4 is 49.1 Å². The fraction of sp³-hybridized carbons (Fsp3) is 0.391. The van der Waals surface area contributed by atoms with E-state index in [2.05, 4.69) is 4.98 Å². The van der Waals surface area contributed by atoms with Gasteiger partial charge in [0, 0.05) is 44.6 Å². The number of morpholine rings is 1. The Morgan fingerprint density at radius 3 is 2.44 bits per heavy atom. The molecule has 2 saturated heterocycles. The molecule has 2 aliphatic heterocycles. The lowest BCUT2D eigenvalue weighted by Gasteiger charge is -2.31. The molecular weight excluding hydrogens is 498 g/mol. The molecular formula is C23H24ClN3O5S2. The van der Waals surface area contributed by atoms with Gasteiger partial charge in [0.15, 0.2) is 0 Å². The number of benzene rings is 2. The van der Waals surface area contributed by atoms with E-state index in [0.29, 0.717) is 68.0 Å². The molecule has 0 bridgehead atoms. The van der Waals surface area contributed by atoms with Gasteiger partial charge in [-0.3, -0.25) is 4.79 Å². The molecule has 2 fully saturated rings. The molecule has 8 nitrogen and oxygen atoms in total. The van der Waals surface area contributed by atoms with E-state index in [4.69, 9.17) is 21.1 Å². The molecule has 2 aromatic carbocycles. The maximum absolute atomic E-state index is 13.0. The molecule has 0 unspecified atom stereocenters. The van der Waals surface area contributed by atoms with Gasteiger partial charge in [-0.1, -0.05) is 29.0 Å². The molecule has 11 heteroatoms. The summed E-state index contributed by atoms with van der Waals surface area (Å²) in [7, 11) is -3.58. The number of carbonyl (C=O) groups excluding carboxylic acids is 1. The van der Waals surface area contributed by atoms with Crippen LogP contribution in [0.5, 0.6) is 5.19 Å². The number of piperidine rings is 1. The van der Waals surface area contributed by atoms with Gasteiger partial charge in [0.2, 0.25) is 10.0 Å². The van der Waals surface area contributed by atoms with Crippen LogP contribution < -0.4 is 4.74 Å². The SMILES string of the molecule is O=C(c1ccc(S(=O)(=O)N2CCOCC2)cc1)N1CCC(Oc2nc3c(Cl)cccc3s2)CC1. The Morgan fingerprint density at radius 2 is 1.76 bits per heavy atom. The minimum Gasteiger partial charge on any atom is -0.467 e. The molecule has 3 aromatic rings. The van der Waals surface area contributed by atoms with Crippen LogP contribution in [0.1, 0.15) is 23.2 Å². The lowest BCUT2D eigenvalue weighted by molar-refractivity contribution is 0.0595. The molecule has 0 saturated carbocycles. The van der Waals surface area contributed by atoms with Gasteiger partial charge >= 0.3 is 0 Å². The summed E-state index contributed by atoms with van der Waals surface area (Å²) in [5.74, 6) is -0.111. The zero-order valence-electron chi connectivity index (χ0n) is 18.4. The lowest BCUT2D eigenvalue weighted by atomic mass is 10.1. The van der Waals surface area contributed by atoms with E-state index in [1.807, 2.05) is 18.2 Å². The first-order valence-corrected chi connectivity index (χ1v) is 13.7. The molecule has 5 rings (SSSR count). The van der Waals surface area contributed by atoms with Crippen LogP contribution in [0, 0.1) is 0 Å². The van der Waals surface area contributed by atoms with E-state index in [1.165, 1.54) is 27.8 Å². The van der Waals surface area contributed by atoms with Crippen LogP contribution in [0.4, 0.5) is 0 Å². The van der Waals surface area contributed by atoms with Gasteiger partial charge in [0.1, 0.15) is 11.6 Å². The zero-order chi connectivity index (χ0) is 23.7. The second-order valence-corrected chi connectivity index (χ2v) is 11.6. The van der Waals surface area contributed by atoms with Crippen LogP contribution in [0.3, 0.4) is 0 Å². The monoisotopic (exact) mass is 521 g/mol. The van der Waals surface area contributed by atoms with Crippen LogP contribution in [0.25, 0.3) is 10.2 Å². The fourth-order valence-corrected chi connectivity index (χ4v) is 6.74. The van der Waals surface area contributed by atoms with Gasteiger partial charge in [0.05, 0.1) is 27.8 Å². The van der Waals surface area contributed by atoms with E-state index in [-0.39, 0.29) is 16.9 Å². The molecule has 180 valence electrons. The first-order valence-electron chi connectivity index (χ1n) is 11.1. The van der Waals surface area contributed by atoms with Crippen molar-refractivity contribution in [1.29, 1.82) is 0 Å². The third-order valence-corrected chi connectivity index (χ3v) is 9.19. The Kier molecular flexibility index (Phi) is 6.76. The van der Waals surface area contributed by atoms with Crippen LogP contribution in [0.15, 0.2) is 47.4 Å². The second kappa shape index (κ2) is 9.79. The average molecular weight is 522 g/mol. The minimum absolute atomic E-state index is 0.0237. The van der Waals surface area contributed by atoms with Crippen LogP contribution >= 0.6 is 22.9 Å². The van der Waals surface area contributed by atoms with E-state index in [0.717, 1.165) is 10.2 Å². The summed E-state index contributed by atoms with van der Waals surface area (Å²) in [4.78, 5) is 19.4. The summed E-state index contributed by atoms with van der Waals surface area (Å²) < 4.78 is 39.3. The number of nitrogens with zero attached hydrogens (tertiary/aromatic N) is 3. The van der Waals surface area contributed by atoms with Crippen LogP contribution in [-0.2, 0) is 14.8 Å². The number of hydrogen-bond donors (Lipinski definition) is 0. The maximum Gasteiger partial charge on any atom is 0.274 e. The predicted molar refractivity (Wildman–Crippen MR) is 130 cm³/mol. The minimum atomic E-state index is -3.58. The summed E-state index contributed by atoms with van der Waals surface area (Å²) in [5.41, 5.74) is 1.22. The Hall–Kier alpha value is -2.24. The number of amides is 1. The van der Waals surface area contributed by atoms with Crippen molar-refractivity contribution in [3.8, 4) is 5.19 Å². The predicted octanol–water partition coefficient (Wildman–Crippen LogP) is 3.65. The molecule has 0 radical (unpaired) electrons. The number of hydrogen-bond acceptors (Lipinski definition) is 7. The van der Waals surface area contributed by atoms with Gasteiger partial charge in [-0.15, -0.1) is 0 Å².